The van der Waals surface area contributed by atoms with Crippen LogP contribution in [0.2, 0.25) is 0 Å². The smallest absolute Gasteiger partial charge is 0.258 e. The van der Waals surface area contributed by atoms with E-state index < -0.39 is 0 Å². The molecular weight excluding hydrogens is 166 g/mol. The van der Waals surface area contributed by atoms with Crippen molar-refractivity contribution in [2.45, 2.75) is 25.2 Å². The lowest BCUT2D eigenvalue weighted by Crippen LogP contribution is -2.08. The summed E-state index contributed by atoms with van der Waals surface area (Å²) in [5.74, 6) is 0.569. The first-order chi connectivity index (χ1) is 6.27. The molecule has 0 spiro atoms. The van der Waals surface area contributed by atoms with Crippen LogP contribution >= 0.6 is 0 Å². The monoisotopic (exact) mass is 177 g/mol. The van der Waals surface area contributed by atoms with Gasteiger partial charge >= 0.3 is 0 Å². The standard InChI is InChI=1S/C10H11NO2/c12-11(13)10-6-2-5-9(7-10)8-3-1-4-8/h2,5-8H,1,3-4H2. The fraction of sp³-hybridized carbons (Fsp3) is 0.400. The van der Waals surface area contributed by atoms with Gasteiger partial charge in [0.05, 0.1) is 4.92 Å². The first-order valence-corrected chi connectivity index (χ1v) is 4.52. The molecule has 1 aromatic rings. The molecule has 0 amide bonds. The zero-order valence-electron chi connectivity index (χ0n) is 7.27. The van der Waals surface area contributed by atoms with E-state index in [1.54, 1.807) is 18.2 Å². The van der Waals surface area contributed by atoms with E-state index in [0.717, 1.165) is 5.56 Å². The van der Waals surface area contributed by atoms with E-state index in [1.165, 1.54) is 19.3 Å². The minimum absolute atomic E-state index is 0.212. The summed E-state index contributed by atoms with van der Waals surface area (Å²) in [6.07, 6.45) is 3.62. The van der Waals surface area contributed by atoms with E-state index in [1.807, 2.05) is 6.07 Å². The normalized spacial score (nSPS) is 16.6. The van der Waals surface area contributed by atoms with Crippen molar-refractivity contribution in [1.29, 1.82) is 0 Å². The van der Waals surface area contributed by atoms with Gasteiger partial charge in [-0.25, -0.2) is 0 Å². The number of hydrogen-bond acceptors (Lipinski definition) is 2. The minimum atomic E-state index is -0.331. The van der Waals surface area contributed by atoms with Crippen LogP contribution in [-0.2, 0) is 0 Å². The van der Waals surface area contributed by atoms with Crippen LogP contribution in [0, 0.1) is 10.1 Å². The topological polar surface area (TPSA) is 43.1 Å². The highest BCUT2D eigenvalue weighted by Crippen LogP contribution is 2.37. The fourth-order valence-electron chi connectivity index (χ4n) is 1.63. The molecule has 0 saturated heterocycles. The Morgan fingerprint density at radius 1 is 1.38 bits per heavy atom. The predicted molar refractivity (Wildman–Crippen MR) is 49.7 cm³/mol. The molecule has 68 valence electrons. The van der Waals surface area contributed by atoms with E-state index in [4.69, 9.17) is 0 Å². The maximum Gasteiger partial charge on any atom is 0.269 e. The number of nitrogens with zero attached hydrogens (tertiary/aromatic N) is 1. The van der Waals surface area contributed by atoms with Gasteiger partial charge in [-0.1, -0.05) is 18.6 Å². The van der Waals surface area contributed by atoms with Crippen LogP contribution in [0.1, 0.15) is 30.7 Å². The highest BCUT2D eigenvalue weighted by Gasteiger charge is 2.20. The van der Waals surface area contributed by atoms with Gasteiger partial charge in [-0.2, -0.15) is 0 Å². The number of hydrogen-bond donors (Lipinski definition) is 0. The number of benzene rings is 1. The van der Waals surface area contributed by atoms with E-state index in [9.17, 15) is 10.1 Å². The maximum absolute atomic E-state index is 10.5. The summed E-state index contributed by atoms with van der Waals surface area (Å²) in [6.45, 7) is 0. The molecule has 1 aliphatic carbocycles. The van der Waals surface area contributed by atoms with Gasteiger partial charge in [0.15, 0.2) is 0 Å². The van der Waals surface area contributed by atoms with Gasteiger partial charge in [0.1, 0.15) is 0 Å². The van der Waals surface area contributed by atoms with Crippen LogP contribution in [0.4, 0.5) is 5.69 Å². The molecule has 0 bridgehead atoms. The summed E-state index contributed by atoms with van der Waals surface area (Å²) >= 11 is 0. The van der Waals surface area contributed by atoms with Gasteiger partial charge in [0.2, 0.25) is 0 Å². The van der Waals surface area contributed by atoms with Crippen LogP contribution in [0.5, 0.6) is 0 Å². The number of nitro benzene ring substituents is 1. The second-order valence-electron chi connectivity index (χ2n) is 3.48. The van der Waals surface area contributed by atoms with Crippen molar-refractivity contribution in [3.05, 3.63) is 39.9 Å². The number of nitro groups is 1. The number of rotatable bonds is 2. The SMILES string of the molecule is O=[N+]([O-])c1cccc(C2CCC2)c1. The second-order valence-corrected chi connectivity index (χ2v) is 3.48. The Hall–Kier alpha value is -1.38. The largest absolute Gasteiger partial charge is 0.269 e. The summed E-state index contributed by atoms with van der Waals surface area (Å²) in [7, 11) is 0. The number of non-ortho nitro benzene ring substituents is 1. The van der Waals surface area contributed by atoms with E-state index in [-0.39, 0.29) is 10.6 Å². The Morgan fingerprint density at radius 2 is 2.15 bits per heavy atom. The molecule has 2 rings (SSSR count). The molecule has 0 aromatic heterocycles. The van der Waals surface area contributed by atoms with Crippen LogP contribution < -0.4 is 0 Å². The summed E-state index contributed by atoms with van der Waals surface area (Å²) < 4.78 is 0. The summed E-state index contributed by atoms with van der Waals surface area (Å²) in [5, 5.41) is 10.5. The Labute approximate surface area is 76.5 Å². The quantitative estimate of drug-likeness (QED) is 0.515. The predicted octanol–water partition coefficient (Wildman–Crippen LogP) is 2.86. The summed E-state index contributed by atoms with van der Waals surface area (Å²) in [4.78, 5) is 10.2. The summed E-state index contributed by atoms with van der Waals surface area (Å²) in [6, 6.07) is 6.99. The van der Waals surface area contributed by atoms with Gasteiger partial charge in [0, 0.05) is 12.1 Å². The van der Waals surface area contributed by atoms with Gasteiger partial charge in [0.25, 0.3) is 5.69 Å². The highest BCUT2D eigenvalue weighted by molar-refractivity contribution is 5.36. The van der Waals surface area contributed by atoms with Crippen molar-refractivity contribution in [1.82, 2.24) is 0 Å². The van der Waals surface area contributed by atoms with Gasteiger partial charge < -0.3 is 0 Å². The molecule has 1 aliphatic rings. The van der Waals surface area contributed by atoms with Gasteiger partial charge in [-0.05, 0) is 24.3 Å². The third kappa shape index (κ3) is 1.54. The van der Waals surface area contributed by atoms with Crippen LogP contribution in [0.25, 0.3) is 0 Å². The third-order valence-corrected chi connectivity index (χ3v) is 2.66. The molecule has 1 fully saturated rings. The van der Waals surface area contributed by atoms with Crippen molar-refractivity contribution < 1.29 is 4.92 Å². The van der Waals surface area contributed by atoms with E-state index in [0.29, 0.717) is 5.92 Å². The Kier molecular flexibility index (Phi) is 2.00. The Balaban J connectivity index is 2.26. The Morgan fingerprint density at radius 3 is 2.69 bits per heavy atom. The average molecular weight is 177 g/mol. The molecule has 3 nitrogen and oxygen atoms in total. The Bertz CT molecular complexity index is 331. The van der Waals surface area contributed by atoms with Gasteiger partial charge in [-0.3, -0.25) is 10.1 Å². The van der Waals surface area contributed by atoms with Crippen molar-refractivity contribution in [2.24, 2.45) is 0 Å². The maximum atomic E-state index is 10.5. The third-order valence-electron chi connectivity index (χ3n) is 2.66. The van der Waals surface area contributed by atoms with Crippen LogP contribution in [0.15, 0.2) is 24.3 Å². The lowest BCUT2D eigenvalue weighted by atomic mass is 9.80. The molecule has 0 unspecified atom stereocenters. The molecule has 1 saturated carbocycles. The molecule has 1 aromatic carbocycles. The van der Waals surface area contributed by atoms with Crippen molar-refractivity contribution >= 4 is 5.69 Å². The molecule has 0 heterocycles. The van der Waals surface area contributed by atoms with Crippen molar-refractivity contribution in [3.63, 3.8) is 0 Å². The lowest BCUT2D eigenvalue weighted by molar-refractivity contribution is -0.384. The molecular formula is C10H11NO2. The molecule has 13 heavy (non-hydrogen) atoms. The first-order valence-electron chi connectivity index (χ1n) is 4.52. The second kappa shape index (κ2) is 3.17. The molecule has 3 heteroatoms. The lowest BCUT2D eigenvalue weighted by Gasteiger charge is -2.25. The first kappa shape index (κ1) is 8.23. The zero-order chi connectivity index (χ0) is 9.26. The minimum Gasteiger partial charge on any atom is -0.258 e. The van der Waals surface area contributed by atoms with Gasteiger partial charge in [-0.15, -0.1) is 0 Å². The fourth-order valence-corrected chi connectivity index (χ4v) is 1.63. The highest BCUT2D eigenvalue weighted by atomic mass is 16.6. The molecule has 0 radical (unpaired) electrons. The van der Waals surface area contributed by atoms with Crippen molar-refractivity contribution in [3.8, 4) is 0 Å². The average Bonchev–Trinajstić information content (AvgIpc) is 2.01. The molecule has 0 N–H and O–H groups in total. The van der Waals surface area contributed by atoms with Crippen LogP contribution in [0.3, 0.4) is 0 Å². The van der Waals surface area contributed by atoms with Crippen LogP contribution in [-0.4, -0.2) is 4.92 Å². The molecule has 0 aliphatic heterocycles. The zero-order valence-corrected chi connectivity index (χ0v) is 7.27. The van der Waals surface area contributed by atoms with E-state index >= 15 is 0 Å². The van der Waals surface area contributed by atoms with Crippen molar-refractivity contribution in [2.75, 3.05) is 0 Å². The van der Waals surface area contributed by atoms with E-state index in [2.05, 4.69) is 0 Å². The summed E-state index contributed by atoms with van der Waals surface area (Å²) in [5.41, 5.74) is 1.34. The molecule has 0 atom stereocenters.